The Bertz CT molecular complexity index is 1180. The molecule has 1 N–H and O–H groups in total. The molecule has 136 valence electrons. The highest BCUT2D eigenvalue weighted by atomic mass is 32.2. The van der Waals surface area contributed by atoms with Crippen LogP contribution in [-0.4, -0.2) is 19.5 Å². The van der Waals surface area contributed by atoms with E-state index in [9.17, 15) is 4.79 Å². The van der Waals surface area contributed by atoms with Crippen molar-refractivity contribution in [3.8, 4) is 5.69 Å². The van der Waals surface area contributed by atoms with Gasteiger partial charge in [-0.2, -0.15) is 0 Å². The van der Waals surface area contributed by atoms with Crippen molar-refractivity contribution in [2.45, 2.75) is 31.2 Å². The summed E-state index contributed by atoms with van der Waals surface area (Å²) in [7, 11) is 0. The number of H-pyrrole nitrogens is 1. The first kappa shape index (κ1) is 17.5. The SMILES string of the molecule is Cc1ccc(-n2ccnc2SC(C)c2nc3ccccc3c(=O)[nH]2)c(C)c1. The maximum absolute atomic E-state index is 12.3. The minimum Gasteiger partial charge on any atom is -0.309 e. The van der Waals surface area contributed by atoms with Crippen LogP contribution in [0.25, 0.3) is 16.6 Å². The maximum atomic E-state index is 12.3. The molecule has 0 spiro atoms. The van der Waals surface area contributed by atoms with Gasteiger partial charge in [0.2, 0.25) is 0 Å². The number of imidazole rings is 1. The molecule has 0 saturated carbocycles. The van der Waals surface area contributed by atoms with Crippen LogP contribution in [0.15, 0.2) is 64.8 Å². The number of aryl methyl sites for hydroxylation is 2. The molecule has 5 nitrogen and oxygen atoms in total. The van der Waals surface area contributed by atoms with Gasteiger partial charge < -0.3 is 4.98 Å². The molecular formula is C21H20N4OS. The van der Waals surface area contributed by atoms with Crippen LogP contribution in [0.2, 0.25) is 0 Å². The van der Waals surface area contributed by atoms with Crippen molar-refractivity contribution >= 4 is 22.7 Å². The van der Waals surface area contributed by atoms with Crippen LogP contribution >= 0.6 is 11.8 Å². The van der Waals surface area contributed by atoms with Gasteiger partial charge in [0.25, 0.3) is 5.56 Å². The summed E-state index contributed by atoms with van der Waals surface area (Å²) < 4.78 is 2.08. The van der Waals surface area contributed by atoms with Gasteiger partial charge in [-0.3, -0.25) is 9.36 Å². The predicted molar refractivity (Wildman–Crippen MR) is 110 cm³/mol. The van der Waals surface area contributed by atoms with Crippen molar-refractivity contribution < 1.29 is 0 Å². The number of hydrogen-bond acceptors (Lipinski definition) is 4. The van der Waals surface area contributed by atoms with E-state index in [2.05, 4.69) is 51.6 Å². The molecule has 4 rings (SSSR count). The number of fused-ring (bicyclic) bond motifs is 1. The number of hydrogen-bond donors (Lipinski definition) is 1. The van der Waals surface area contributed by atoms with Crippen molar-refractivity contribution in [2.24, 2.45) is 0 Å². The smallest absolute Gasteiger partial charge is 0.258 e. The quantitative estimate of drug-likeness (QED) is 0.530. The molecular weight excluding hydrogens is 356 g/mol. The number of nitrogens with zero attached hydrogens (tertiary/aromatic N) is 3. The Morgan fingerprint density at radius 1 is 1.15 bits per heavy atom. The van der Waals surface area contributed by atoms with Crippen molar-refractivity contribution in [3.05, 3.63) is 82.2 Å². The summed E-state index contributed by atoms with van der Waals surface area (Å²) in [4.78, 5) is 24.4. The van der Waals surface area contributed by atoms with Crippen molar-refractivity contribution in [2.75, 3.05) is 0 Å². The molecule has 2 aromatic heterocycles. The third kappa shape index (κ3) is 3.40. The minimum absolute atomic E-state index is 0.0470. The number of para-hydroxylation sites is 1. The van der Waals surface area contributed by atoms with Crippen LogP contribution < -0.4 is 5.56 Å². The van der Waals surface area contributed by atoms with Crippen LogP contribution in [0.3, 0.4) is 0 Å². The average molecular weight is 376 g/mol. The van der Waals surface area contributed by atoms with E-state index in [4.69, 9.17) is 0 Å². The summed E-state index contributed by atoms with van der Waals surface area (Å²) in [5.74, 6) is 0.652. The second-order valence-corrected chi connectivity index (χ2v) is 7.91. The summed E-state index contributed by atoms with van der Waals surface area (Å²) >= 11 is 1.57. The lowest BCUT2D eigenvalue weighted by atomic mass is 10.1. The molecule has 0 fully saturated rings. The first-order valence-electron chi connectivity index (χ1n) is 8.79. The summed E-state index contributed by atoms with van der Waals surface area (Å²) in [6.45, 7) is 6.21. The molecule has 0 aliphatic rings. The molecule has 1 unspecified atom stereocenters. The van der Waals surface area contributed by atoms with Gasteiger partial charge in [0.1, 0.15) is 5.82 Å². The van der Waals surface area contributed by atoms with Gasteiger partial charge >= 0.3 is 0 Å². The number of thioether (sulfide) groups is 1. The van der Waals surface area contributed by atoms with Crippen LogP contribution in [0.4, 0.5) is 0 Å². The van der Waals surface area contributed by atoms with Gasteiger partial charge in [0.05, 0.1) is 21.8 Å². The van der Waals surface area contributed by atoms with Crippen molar-refractivity contribution in [3.63, 3.8) is 0 Å². The third-order valence-electron chi connectivity index (χ3n) is 4.52. The zero-order valence-electron chi connectivity index (χ0n) is 15.4. The van der Waals surface area contributed by atoms with Gasteiger partial charge in [0, 0.05) is 12.4 Å². The highest BCUT2D eigenvalue weighted by Gasteiger charge is 2.16. The van der Waals surface area contributed by atoms with Gasteiger partial charge in [-0.05, 0) is 44.5 Å². The summed E-state index contributed by atoms with van der Waals surface area (Å²) in [5, 5.41) is 1.43. The molecule has 1 atom stereocenters. The molecule has 27 heavy (non-hydrogen) atoms. The van der Waals surface area contributed by atoms with Crippen LogP contribution in [0.5, 0.6) is 0 Å². The fourth-order valence-corrected chi connectivity index (χ4v) is 4.08. The average Bonchev–Trinajstić information content (AvgIpc) is 3.09. The Morgan fingerprint density at radius 3 is 2.78 bits per heavy atom. The maximum Gasteiger partial charge on any atom is 0.258 e. The predicted octanol–water partition coefficient (Wildman–Crippen LogP) is 4.58. The topological polar surface area (TPSA) is 63.6 Å². The molecule has 0 saturated heterocycles. The van der Waals surface area contributed by atoms with Crippen LogP contribution in [-0.2, 0) is 0 Å². The largest absolute Gasteiger partial charge is 0.309 e. The van der Waals surface area contributed by atoms with E-state index in [1.807, 2.05) is 31.3 Å². The van der Waals surface area contributed by atoms with Crippen LogP contribution in [0.1, 0.15) is 29.1 Å². The first-order valence-corrected chi connectivity index (χ1v) is 9.67. The van der Waals surface area contributed by atoms with Gasteiger partial charge in [-0.25, -0.2) is 9.97 Å². The molecule has 0 aliphatic carbocycles. The summed E-state index contributed by atoms with van der Waals surface area (Å²) in [5.41, 5.74) is 4.13. The van der Waals surface area contributed by atoms with E-state index < -0.39 is 0 Å². The summed E-state index contributed by atoms with van der Waals surface area (Å²) in [6, 6.07) is 13.8. The summed E-state index contributed by atoms with van der Waals surface area (Å²) in [6.07, 6.45) is 3.76. The number of rotatable bonds is 4. The van der Waals surface area contributed by atoms with Gasteiger partial charge in [-0.1, -0.05) is 41.6 Å². The van der Waals surface area contributed by atoms with Gasteiger partial charge in [0.15, 0.2) is 5.16 Å². The number of aromatic nitrogens is 4. The second-order valence-electron chi connectivity index (χ2n) is 6.60. The Hall–Kier alpha value is -2.86. The molecule has 4 aromatic rings. The molecule has 6 heteroatoms. The van der Waals surface area contributed by atoms with Crippen LogP contribution in [0, 0.1) is 13.8 Å². The van der Waals surface area contributed by atoms with E-state index in [1.165, 1.54) is 11.1 Å². The van der Waals surface area contributed by atoms with Crippen molar-refractivity contribution in [1.82, 2.24) is 19.5 Å². The first-order chi connectivity index (χ1) is 13.0. The standard InChI is InChI=1S/C21H20N4OS/c1-13-8-9-18(14(2)12-13)25-11-10-22-21(25)27-15(3)19-23-17-7-5-4-6-16(17)20(26)24-19/h4-12,15H,1-3H3,(H,23,24,26). The van der Waals surface area contributed by atoms with E-state index in [1.54, 1.807) is 24.0 Å². The molecule has 0 aliphatic heterocycles. The Labute approximate surface area is 161 Å². The number of nitrogens with one attached hydrogen (secondary N) is 1. The number of aromatic amines is 1. The molecule has 2 aromatic carbocycles. The fraction of sp³-hybridized carbons (Fsp3) is 0.190. The third-order valence-corrected chi connectivity index (χ3v) is 5.61. The second kappa shape index (κ2) is 7.04. The Balaban J connectivity index is 1.68. The zero-order chi connectivity index (χ0) is 19.0. The Morgan fingerprint density at radius 2 is 1.96 bits per heavy atom. The monoisotopic (exact) mass is 376 g/mol. The highest BCUT2D eigenvalue weighted by molar-refractivity contribution is 7.99. The minimum atomic E-state index is -0.110. The normalized spacial score (nSPS) is 12.4. The molecule has 0 radical (unpaired) electrons. The van der Waals surface area contributed by atoms with E-state index in [0.29, 0.717) is 16.7 Å². The fourth-order valence-electron chi connectivity index (χ4n) is 3.15. The lowest BCUT2D eigenvalue weighted by molar-refractivity contribution is 0.864. The van der Waals surface area contributed by atoms with Gasteiger partial charge in [-0.15, -0.1) is 0 Å². The van der Waals surface area contributed by atoms with E-state index >= 15 is 0 Å². The highest BCUT2D eigenvalue weighted by Crippen LogP contribution is 2.33. The zero-order valence-corrected chi connectivity index (χ0v) is 16.2. The molecule has 0 bridgehead atoms. The number of benzene rings is 2. The van der Waals surface area contributed by atoms with E-state index in [-0.39, 0.29) is 10.8 Å². The van der Waals surface area contributed by atoms with Crippen molar-refractivity contribution in [1.29, 1.82) is 0 Å². The Kier molecular flexibility index (Phi) is 4.58. The van der Waals surface area contributed by atoms with E-state index in [0.717, 1.165) is 10.8 Å². The molecule has 0 amide bonds. The lowest BCUT2D eigenvalue weighted by Crippen LogP contribution is -2.13. The molecule has 2 heterocycles. The lowest BCUT2D eigenvalue weighted by Gasteiger charge is -2.14.